The third-order valence-corrected chi connectivity index (χ3v) is 6.36. The van der Waals surface area contributed by atoms with E-state index in [1.54, 1.807) is 19.1 Å². The fraction of sp³-hybridized carbons (Fsp3) is 0.150. The minimum Gasteiger partial charge on any atom is -0.465 e. The van der Waals surface area contributed by atoms with Gasteiger partial charge in [0, 0.05) is 0 Å². The molecule has 3 rings (SSSR count). The van der Waals surface area contributed by atoms with E-state index in [1.807, 2.05) is 0 Å². The van der Waals surface area contributed by atoms with E-state index in [4.69, 9.17) is 4.74 Å². The number of anilines is 1. The highest BCUT2D eigenvalue weighted by atomic mass is 32.2. The molecule has 0 bridgehead atoms. The van der Waals surface area contributed by atoms with Gasteiger partial charge in [0.05, 0.1) is 23.3 Å². The van der Waals surface area contributed by atoms with Crippen LogP contribution in [-0.4, -0.2) is 21.5 Å². The number of alkyl halides is 3. The molecule has 6 nitrogen and oxygen atoms in total. The summed E-state index contributed by atoms with van der Waals surface area (Å²) in [6, 6.07) is 9.58. The van der Waals surface area contributed by atoms with Gasteiger partial charge in [0.2, 0.25) is 0 Å². The molecule has 0 amide bonds. The van der Waals surface area contributed by atoms with Crippen LogP contribution in [0.3, 0.4) is 0 Å². The topological polar surface area (TPSA) is 81.7 Å². The van der Waals surface area contributed by atoms with Gasteiger partial charge < -0.3 is 9.47 Å². The number of rotatable bonds is 6. The van der Waals surface area contributed by atoms with Gasteiger partial charge in [-0.1, -0.05) is 17.7 Å². The fourth-order valence-corrected chi connectivity index (χ4v) is 4.33. The van der Waals surface area contributed by atoms with E-state index >= 15 is 0 Å². The predicted octanol–water partition coefficient (Wildman–Crippen LogP) is 5.46. The Hall–Kier alpha value is -3.05. The van der Waals surface area contributed by atoms with E-state index in [9.17, 15) is 26.4 Å². The molecule has 0 unspecified atom stereocenters. The zero-order valence-corrected chi connectivity index (χ0v) is 17.8. The van der Waals surface area contributed by atoms with Crippen molar-refractivity contribution in [2.45, 2.75) is 18.0 Å². The molecule has 0 fully saturated rings. The molecule has 2 aromatic carbocycles. The maximum absolute atomic E-state index is 13.2. The minimum atomic E-state index is -4.71. The molecule has 11 heteroatoms. The van der Waals surface area contributed by atoms with Crippen LogP contribution in [0.25, 0.3) is 0 Å². The number of thiophene rings is 1. The molecule has 0 aliphatic carbocycles. The number of sulfonamides is 1. The molecule has 0 radical (unpaired) electrons. The SMILES string of the molecule is COC(=O)c1sccc1Oc1ccc(C(F)(F)F)cc1NS(=O)(=O)c1ccc(C)cc1. The predicted molar refractivity (Wildman–Crippen MR) is 109 cm³/mol. The van der Waals surface area contributed by atoms with Crippen LogP contribution in [0.1, 0.15) is 20.8 Å². The second-order valence-corrected chi connectivity index (χ2v) is 8.93. The summed E-state index contributed by atoms with van der Waals surface area (Å²) in [6.07, 6.45) is -4.71. The molecule has 1 N–H and O–H groups in total. The van der Waals surface area contributed by atoms with Gasteiger partial charge in [0.1, 0.15) is 0 Å². The number of methoxy groups -OCH3 is 1. The normalized spacial score (nSPS) is 11.8. The van der Waals surface area contributed by atoms with E-state index in [1.165, 1.54) is 30.7 Å². The number of carbonyl (C=O) groups is 1. The quantitative estimate of drug-likeness (QED) is 0.483. The summed E-state index contributed by atoms with van der Waals surface area (Å²) in [6.45, 7) is 1.77. The van der Waals surface area contributed by atoms with Crippen LogP contribution in [0, 0.1) is 6.92 Å². The Morgan fingerprint density at radius 2 is 1.71 bits per heavy atom. The summed E-state index contributed by atoms with van der Waals surface area (Å²) < 4.78 is 77.5. The summed E-state index contributed by atoms with van der Waals surface area (Å²) in [5.41, 5.74) is -0.688. The van der Waals surface area contributed by atoms with Crippen LogP contribution in [0.4, 0.5) is 18.9 Å². The molecule has 0 aliphatic rings. The average molecular weight is 471 g/mol. The molecule has 164 valence electrons. The highest BCUT2D eigenvalue weighted by molar-refractivity contribution is 7.92. The molecule has 3 aromatic rings. The second kappa shape index (κ2) is 8.60. The number of hydrogen-bond acceptors (Lipinski definition) is 6. The highest BCUT2D eigenvalue weighted by Gasteiger charge is 2.32. The lowest BCUT2D eigenvalue weighted by Gasteiger charge is -2.16. The molecule has 0 atom stereocenters. The van der Waals surface area contributed by atoms with Crippen molar-refractivity contribution in [3.05, 3.63) is 69.9 Å². The number of esters is 1. The first-order valence-corrected chi connectivity index (χ1v) is 11.0. The summed E-state index contributed by atoms with van der Waals surface area (Å²) in [4.78, 5) is 11.8. The third-order valence-electron chi connectivity index (χ3n) is 4.10. The molecular weight excluding hydrogens is 455 g/mol. The zero-order valence-electron chi connectivity index (χ0n) is 16.2. The monoisotopic (exact) mass is 471 g/mol. The lowest BCUT2D eigenvalue weighted by atomic mass is 10.2. The number of benzene rings is 2. The van der Waals surface area contributed by atoms with Gasteiger partial charge in [-0.05, 0) is 48.7 Å². The maximum Gasteiger partial charge on any atom is 0.416 e. The van der Waals surface area contributed by atoms with Crippen molar-refractivity contribution < 1.29 is 35.9 Å². The van der Waals surface area contributed by atoms with Crippen molar-refractivity contribution >= 4 is 33.0 Å². The first-order chi connectivity index (χ1) is 14.5. The number of ether oxygens (including phenoxy) is 2. The van der Waals surface area contributed by atoms with Gasteiger partial charge in [0.25, 0.3) is 10.0 Å². The van der Waals surface area contributed by atoms with Gasteiger partial charge in [-0.3, -0.25) is 4.72 Å². The number of halogens is 3. The Kier molecular flexibility index (Phi) is 6.27. The Bertz CT molecular complexity index is 1200. The Morgan fingerprint density at radius 1 is 1.03 bits per heavy atom. The van der Waals surface area contributed by atoms with E-state index in [2.05, 4.69) is 9.46 Å². The second-order valence-electron chi connectivity index (χ2n) is 6.33. The lowest BCUT2D eigenvalue weighted by Crippen LogP contribution is -2.15. The summed E-state index contributed by atoms with van der Waals surface area (Å²) in [5, 5.41) is 1.53. The smallest absolute Gasteiger partial charge is 0.416 e. The molecule has 0 saturated carbocycles. The highest BCUT2D eigenvalue weighted by Crippen LogP contribution is 2.39. The first kappa shape index (κ1) is 22.6. The Morgan fingerprint density at radius 3 is 2.32 bits per heavy atom. The number of hydrogen-bond donors (Lipinski definition) is 1. The number of carbonyl (C=O) groups excluding carboxylic acids is 1. The van der Waals surface area contributed by atoms with Crippen LogP contribution < -0.4 is 9.46 Å². The van der Waals surface area contributed by atoms with Crippen molar-refractivity contribution in [1.29, 1.82) is 0 Å². The molecule has 0 aliphatic heterocycles. The number of aryl methyl sites for hydroxylation is 1. The Balaban J connectivity index is 2.04. The van der Waals surface area contributed by atoms with Crippen LogP contribution in [0.2, 0.25) is 0 Å². The standard InChI is InChI=1S/C20H16F3NO5S2/c1-12-3-6-14(7-4-12)31(26,27)24-15-11-13(20(21,22)23)5-8-16(15)29-17-9-10-30-18(17)19(25)28-2/h3-11,24H,1-2H3. The molecule has 1 aromatic heterocycles. The van der Waals surface area contributed by atoms with Crippen molar-refractivity contribution in [3.63, 3.8) is 0 Å². The third kappa shape index (κ3) is 5.17. The molecular formula is C20H16F3NO5S2. The van der Waals surface area contributed by atoms with Crippen LogP contribution in [0.5, 0.6) is 11.5 Å². The van der Waals surface area contributed by atoms with Crippen molar-refractivity contribution in [1.82, 2.24) is 0 Å². The first-order valence-electron chi connectivity index (χ1n) is 8.65. The van der Waals surface area contributed by atoms with E-state index < -0.39 is 33.4 Å². The lowest BCUT2D eigenvalue weighted by molar-refractivity contribution is -0.137. The van der Waals surface area contributed by atoms with Gasteiger partial charge in [-0.15, -0.1) is 11.3 Å². The van der Waals surface area contributed by atoms with Crippen LogP contribution >= 0.6 is 11.3 Å². The van der Waals surface area contributed by atoms with Crippen LogP contribution in [0.15, 0.2) is 58.8 Å². The summed E-state index contributed by atoms with van der Waals surface area (Å²) >= 11 is 1.01. The maximum atomic E-state index is 13.2. The molecule has 0 spiro atoms. The molecule has 0 saturated heterocycles. The van der Waals surface area contributed by atoms with Gasteiger partial charge >= 0.3 is 12.1 Å². The van der Waals surface area contributed by atoms with Crippen molar-refractivity contribution in [2.24, 2.45) is 0 Å². The minimum absolute atomic E-state index is 0.0207. The number of nitrogens with one attached hydrogen (secondary N) is 1. The zero-order chi connectivity index (χ0) is 22.8. The van der Waals surface area contributed by atoms with Crippen molar-refractivity contribution in [3.8, 4) is 11.5 Å². The van der Waals surface area contributed by atoms with E-state index in [0.717, 1.165) is 29.0 Å². The van der Waals surface area contributed by atoms with Gasteiger partial charge in [-0.2, -0.15) is 13.2 Å². The summed E-state index contributed by atoms with van der Waals surface area (Å²) in [5.74, 6) is -0.890. The fourth-order valence-electron chi connectivity index (χ4n) is 2.53. The Labute approximate surface area is 180 Å². The van der Waals surface area contributed by atoms with Crippen molar-refractivity contribution in [2.75, 3.05) is 11.8 Å². The van der Waals surface area contributed by atoms with E-state index in [-0.39, 0.29) is 21.3 Å². The summed E-state index contributed by atoms with van der Waals surface area (Å²) in [7, 11) is -3.04. The van der Waals surface area contributed by atoms with Gasteiger partial charge in [0.15, 0.2) is 16.4 Å². The largest absolute Gasteiger partial charge is 0.465 e. The van der Waals surface area contributed by atoms with Crippen LogP contribution in [-0.2, 0) is 20.9 Å². The van der Waals surface area contributed by atoms with Gasteiger partial charge in [-0.25, -0.2) is 13.2 Å². The average Bonchev–Trinajstić information content (AvgIpc) is 3.16. The molecule has 31 heavy (non-hydrogen) atoms. The molecule has 1 heterocycles. The van der Waals surface area contributed by atoms with E-state index in [0.29, 0.717) is 6.07 Å².